The van der Waals surface area contributed by atoms with Crippen molar-refractivity contribution >= 4 is 23.2 Å². The second kappa shape index (κ2) is 11.5. The van der Waals surface area contributed by atoms with E-state index in [9.17, 15) is 9.59 Å². The molecule has 2 aromatic carbocycles. The number of aryl methyl sites for hydroxylation is 1. The van der Waals surface area contributed by atoms with E-state index in [1.54, 1.807) is 54.7 Å². The summed E-state index contributed by atoms with van der Waals surface area (Å²) >= 11 is 1.75. The lowest BCUT2D eigenvalue weighted by molar-refractivity contribution is -0.134. The van der Waals surface area contributed by atoms with Gasteiger partial charge in [-0.3, -0.25) is 9.59 Å². The fourth-order valence-corrected chi connectivity index (χ4v) is 5.42. The number of carbonyl (C=O) groups is 2. The molecule has 0 aliphatic carbocycles. The highest BCUT2D eigenvalue weighted by molar-refractivity contribution is 7.10. The Morgan fingerprint density at radius 3 is 2.49 bits per heavy atom. The number of carbonyl (C=O) groups excluding carboxylic acids is 2. The summed E-state index contributed by atoms with van der Waals surface area (Å²) in [5.41, 5.74) is 3.99. The summed E-state index contributed by atoms with van der Waals surface area (Å²) in [5.74, 6) is 0.466. The van der Waals surface area contributed by atoms with Crippen molar-refractivity contribution in [2.45, 2.75) is 25.8 Å². The lowest BCUT2D eigenvalue weighted by Gasteiger charge is -2.37. The van der Waals surface area contributed by atoms with Gasteiger partial charge in [-0.1, -0.05) is 29.8 Å². The number of thiophene rings is 1. The zero-order chi connectivity index (χ0) is 24.8. The number of nitrogens with zero attached hydrogens (tertiary/aromatic N) is 2. The van der Waals surface area contributed by atoms with E-state index >= 15 is 0 Å². The number of ether oxygens (including phenoxy) is 2. The normalized spacial score (nSPS) is 14.9. The van der Waals surface area contributed by atoms with Crippen LogP contribution in [0.2, 0.25) is 0 Å². The molecule has 0 fully saturated rings. The molecule has 1 aliphatic rings. The van der Waals surface area contributed by atoms with Crippen molar-refractivity contribution in [3.05, 3.63) is 87.1 Å². The summed E-state index contributed by atoms with van der Waals surface area (Å²) in [6.45, 7) is 3.68. The molecule has 0 saturated heterocycles. The maximum atomic E-state index is 13.7. The third-order valence-electron chi connectivity index (χ3n) is 6.41. The summed E-state index contributed by atoms with van der Waals surface area (Å²) in [6, 6.07) is 17.4. The first-order valence-corrected chi connectivity index (χ1v) is 12.7. The van der Waals surface area contributed by atoms with Crippen LogP contribution in [0, 0.1) is 6.92 Å². The summed E-state index contributed by atoms with van der Waals surface area (Å²) in [7, 11) is 3.23. The number of hydrogen-bond acceptors (Lipinski definition) is 5. The number of methoxy groups -OCH3 is 2. The highest BCUT2D eigenvalue weighted by atomic mass is 32.1. The number of benzene rings is 2. The molecular formula is C28H32N2O4S. The van der Waals surface area contributed by atoms with Crippen LogP contribution in [0.25, 0.3) is 0 Å². The fraction of sp³-hybridized carbons (Fsp3) is 0.357. The second-order valence-corrected chi connectivity index (χ2v) is 9.75. The van der Waals surface area contributed by atoms with E-state index in [1.165, 1.54) is 16.0 Å². The van der Waals surface area contributed by atoms with E-state index in [4.69, 9.17) is 9.47 Å². The van der Waals surface area contributed by atoms with Crippen molar-refractivity contribution in [1.29, 1.82) is 0 Å². The number of amides is 2. The first kappa shape index (κ1) is 24.9. The molecule has 0 radical (unpaired) electrons. The Balaban J connectivity index is 1.58. The Labute approximate surface area is 211 Å². The van der Waals surface area contributed by atoms with Crippen molar-refractivity contribution in [2.24, 2.45) is 0 Å². The number of rotatable bonds is 9. The molecule has 2 heterocycles. The summed E-state index contributed by atoms with van der Waals surface area (Å²) in [6.07, 6.45) is 1.49. The molecule has 35 heavy (non-hydrogen) atoms. The van der Waals surface area contributed by atoms with Gasteiger partial charge in [0.05, 0.1) is 13.2 Å². The average Bonchev–Trinajstić information content (AvgIpc) is 3.37. The van der Waals surface area contributed by atoms with Gasteiger partial charge in [-0.25, -0.2) is 0 Å². The average molecular weight is 493 g/mol. The van der Waals surface area contributed by atoms with Crippen LogP contribution in [-0.4, -0.2) is 62.1 Å². The minimum Gasteiger partial charge on any atom is -0.497 e. The summed E-state index contributed by atoms with van der Waals surface area (Å²) in [4.78, 5) is 32.0. The SMILES string of the molecule is COCCCN(CC(=O)N1CCc2sccc2C1c1ccc(C)cc1)C(=O)c1ccc(OC)cc1. The lowest BCUT2D eigenvalue weighted by Crippen LogP contribution is -2.47. The van der Waals surface area contributed by atoms with Gasteiger partial charge >= 0.3 is 0 Å². The molecule has 1 aliphatic heterocycles. The zero-order valence-corrected chi connectivity index (χ0v) is 21.3. The van der Waals surface area contributed by atoms with Crippen molar-refractivity contribution in [1.82, 2.24) is 9.80 Å². The Morgan fingerprint density at radius 2 is 1.80 bits per heavy atom. The smallest absolute Gasteiger partial charge is 0.254 e. The molecular weight excluding hydrogens is 460 g/mol. The van der Waals surface area contributed by atoms with Gasteiger partial charge in [0.15, 0.2) is 0 Å². The first-order valence-electron chi connectivity index (χ1n) is 11.9. The largest absolute Gasteiger partial charge is 0.497 e. The molecule has 2 amide bonds. The zero-order valence-electron chi connectivity index (χ0n) is 20.5. The van der Waals surface area contributed by atoms with Crippen LogP contribution < -0.4 is 4.74 Å². The van der Waals surface area contributed by atoms with Crippen LogP contribution in [0.1, 0.15) is 44.4 Å². The topological polar surface area (TPSA) is 59.1 Å². The van der Waals surface area contributed by atoms with Gasteiger partial charge < -0.3 is 19.3 Å². The van der Waals surface area contributed by atoms with E-state index in [0.717, 1.165) is 12.0 Å². The molecule has 0 N–H and O–H groups in total. The fourth-order valence-electron chi connectivity index (χ4n) is 4.52. The van der Waals surface area contributed by atoms with Crippen LogP contribution in [0.5, 0.6) is 5.75 Å². The van der Waals surface area contributed by atoms with Crippen molar-refractivity contribution < 1.29 is 19.1 Å². The van der Waals surface area contributed by atoms with Gasteiger partial charge in [-0.15, -0.1) is 11.3 Å². The predicted octanol–water partition coefficient (Wildman–Crippen LogP) is 4.72. The van der Waals surface area contributed by atoms with E-state index in [2.05, 4.69) is 42.6 Å². The van der Waals surface area contributed by atoms with E-state index in [0.29, 0.717) is 37.4 Å². The minimum absolute atomic E-state index is 0.0242. The second-order valence-electron chi connectivity index (χ2n) is 8.75. The molecule has 0 bridgehead atoms. The molecule has 6 nitrogen and oxygen atoms in total. The van der Waals surface area contributed by atoms with Crippen molar-refractivity contribution in [3.8, 4) is 5.75 Å². The van der Waals surface area contributed by atoms with Gasteiger partial charge in [0, 0.05) is 37.2 Å². The summed E-state index contributed by atoms with van der Waals surface area (Å²) < 4.78 is 10.4. The Bertz CT molecular complexity index is 1140. The number of hydrogen-bond donors (Lipinski definition) is 0. The predicted molar refractivity (Wildman–Crippen MR) is 138 cm³/mol. The molecule has 7 heteroatoms. The molecule has 4 rings (SSSR count). The van der Waals surface area contributed by atoms with E-state index < -0.39 is 0 Å². The Morgan fingerprint density at radius 1 is 1.06 bits per heavy atom. The van der Waals surface area contributed by atoms with Crippen LogP contribution in [0.15, 0.2) is 60.0 Å². The van der Waals surface area contributed by atoms with E-state index in [-0.39, 0.29) is 24.4 Å². The van der Waals surface area contributed by atoms with Crippen LogP contribution >= 0.6 is 11.3 Å². The maximum Gasteiger partial charge on any atom is 0.254 e. The lowest BCUT2D eigenvalue weighted by atomic mass is 9.92. The monoisotopic (exact) mass is 492 g/mol. The minimum atomic E-state index is -0.169. The Hall–Kier alpha value is -3.16. The molecule has 3 aromatic rings. The standard InChI is InChI=1S/C28H32N2O4S/c1-20-5-7-21(8-6-20)27-24-14-18-35-25(24)13-16-30(27)26(31)19-29(15-4-17-33-2)28(32)22-9-11-23(34-3)12-10-22/h5-12,14,18,27H,4,13,15-17,19H2,1-3H3. The maximum absolute atomic E-state index is 13.7. The molecule has 1 unspecified atom stereocenters. The Kier molecular flexibility index (Phi) is 8.21. The molecule has 0 spiro atoms. The van der Waals surface area contributed by atoms with Crippen molar-refractivity contribution in [3.63, 3.8) is 0 Å². The number of fused-ring (bicyclic) bond motifs is 1. The first-order chi connectivity index (χ1) is 17.0. The molecule has 1 atom stereocenters. The van der Waals surface area contributed by atoms with Crippen molar-refractivity contribution in [2.75, 3.05) is 40.5 Å². The third-order valence-corrected chi connectivity index (χ3v) is 7.40. The quantitative estimate of drug-likeness (QED) is 0.406. The third kappa shape index (κ3) is 5.74. The highest BCUT2D eigenvalue weighted by Gasteiger charge is 2.34. The van der Waals surface area contributed by atoms with Gasteiger partial charge in [0.25, 0.3) is 5.91 Å². The van der Waals surface area contributed by atoms with Gasteiger partial charge in [-0.05, 0) is 66.6 Å². The molecule has 0 saturated carbocycles. The van der Waals surface area contributed by atoms with Crippen LogP contribution in [-0.2, 0) is 16.0 Å². The van der Waals surface area contributed by atoms with Gasteiger partial charge in [-0.2, -0.15) is 0 Å². The van der Waals surface area contributed by atoms with Gasteiger partial charge in [0.1, 0.15) is 12.3 Å². The van der Waals surface area contributed by atoms with Crippen LogP contribution in [0.4, 0.5) is 0 Å². The van der Waals surface area contributed by atoms with Gasteiger partial charge in [0.2, 0.25) is 5.91 Å². The van der Waals surface area contributed by atoms with Crippen LogP contribution in [0.3, 0.4) is 0 Å². The highest BCUT2D eigenvalue weighted by Crippen LogP contribution is 2.38. The molecule has 184 valence electrons. The van der Waals surface area contributed by atoms with E-state index in [1.807, 2.05) is 4.90 Å². The molecule has 1 aromatic heterocycles. The summed E-state index contributed by atoms with van der Waals surface area (Å²) in [5, 5.41) is 2.10.